The van der Waals surface area contributed by atoms with Crippen molar-refractivity contribution >= 4 is 11.3 Å². The molecule has 2 rings (SSSR count). The lowest BCUT2D eigenvalue weighted by Crippen LogP contribution is -2.12. The third-order valence-corrected chi connectivity index (χ3v) is 3.80. The summed E-state index contributed by atoms with van der Waals surface area (Å²) in [6, 6.07) is 4.71. The number of thiazole rings is 1. The standard InChI is InChI=1S/C13H15FN2S/c1-8-3-4-11(14)5-10(8)6-12(15)13-7-16-9(2)17-13/h3-5,7,12H,6,15H2,1-2H3. The molecule has 0 radical (unpaired) electrons. The molecular weight excluding hydrogens is 235 g/mol. The molecule has 1 atom stereocenters. The average molecular weight is 250 g/mol. The van der Waals surface area contributed by atoms with Gasteiger partial charge in [0, 0.05) is 17.1 Å². The van der Waals surface area contributed by atoms with Crippen molar-refractivity contribution in [3.63, 3.8) is 0 Å². The van der Waals surface area contributed by atoms with E-state index in [-0.39, 0.29) is 11.9 Å². The molecule has 17 heavy (non-hydrogen) atoms. The van der Waals surface area contributed by atoms with E-state index >= 15 is 0 Å². The van der Waals surface area contributed by atoms with Gasteiger partial charge in [0.15, 0.2) is 0 Å². The number of nitrogens with zero attached hydrogens (tertiary/aromatic N) is 1. The van der Waals surface area contributed by atoms with E-state index in [1.165, 1.54) is 6.07 Å². The Balaban J connectivity index is 2.18. The summed E-state index contributed by atoms with van der Waals surface area (Å²) in [4.78, 5) is 5.23. The van der Waals surface area contributed by atoms with E-state index < -0.39 is 0 Å². The Morgan fingerprint density at radius 3 is 2.82 bits per heavy atom. The van der Waals surface area contributed by atoms with Crippen molar-refractivity contribution < 1.29 is 4.39 Å². The molecule has 1 aromatic heterocycles. The lowest BCUT2D eigenvalue weighted by molar-refractivity contribution is 0.621. The molecule has 0 aliphatic carbocycles. The van der Waals surface area contributed by atoms with Gasteiger partial charge in [0.2, 0.25) is 0 Å². The molecule has 0 aliphatic rings. The van der Waals surface area contributed by atoms with Crippen molar-refractivity contribution in [3.05, 3.63) is 51.2 Å². The predicted molar refractivity (Wildman–Crippen MR) is 68.6 cm³/mol. The molecule has 4 heteroatoms. The fourth-order valence-corrected chi connectivity index (χ4v) is 2.53. The molecule has 90 valence electrons. The van der Waals surface area contributed by atoms with Crippen molar-refractivity contribution in [2.75, 3.05) is 0 Å². The van der Waals surface area contributed by atoms with Crippen LogP contribution in [0.1, 0.15) is 27.1 Å². The second-order valence-corrected chi connectivity index (χ2v) is 5.43. The number of hydrogen-bond acceptors (Lipinski definition) is 3. The van der Waals surface area contributed by atoms with Gasteiger partial charge >= 0.3 is 0 Å². The zero-order valence-electron chi connectivity index (χ0n) is 9.90. The molecule has 1 unspecified atom stereocenters. The molecule has 0 amide bonds. The van der Waals surface area contributed by atoms with Gasteiger partial charge in [0.25, 0.3) is 0 Å². The summed E-state index contributed by atoms with van der Waals surface area (Å²) in [6.07, 6.45) is 2.45. The molecular formula is C13H15FN2S. The van der Waals surface area contributed by atoms with E-state index in [1.54, 1.807) is 29.7 Å². The summed E-state index contributed by atoms with van der Waals surface area (Å²) in [6.45, 7) is 3.92. The van der Waals surface area contributed by atoms with Crippen molar-refractivity contribution in [2.24, 2.45) is 5.73 Å². The largest absolute Gasteiger partial charge is 0.323 e. The monoisotopic (exact) mass is 250 g/mol. The normalized spacial score (nSPS) is 12.7. The Morgan fingerprint density at radius 2 is 2.18 bits per heavy atom. The van der Waals surface area contributed by atoms with Crippen LogP contribution >= 0.6 is 11.3 Å². The minimum absolute atomic E-state index is 0.110. The Kier molecular flexibility index (Phi) is 3.54. The summed E-state index contributed by atoms with van der Waals surface area (Å²) >= 11 is 1.60. The molecule has 1 heterocycles. The topological polar surface area (TPSA) is 38.9 Å². The highest BCUT2D eigenvalue weighted by Crippen LogP contribution is 2.23. The van der Waals surface area contributed by atoms with Gasteiger partial charge in [0.1, 0.15) is 5.82 Å². The summed E-state index contributed by atoms with van der Waals surface area (Å²) in [5.74, 6) is -0.210. The maximum Gasteiger partial charge on any atom is 0.123 e. The number of halogens is 1. The SMILES string of the molecule is Cc1ncc(C(N)Cc2cc(F)ccc2C)s1. The molecule has 2 N–H and O–H groups in total. The van der Waals surface area contributed by atoms with Gasteiger partial charge < -0.3 is 5.73 Å². The number of rotatable bonds is 3. The zero-order chi connectivity index (χ0) is 12.4. The fraction of sp³-hybridized carbons (Fsp3) is 0.308. The second kappa shape index (κ2) is 4.94. The van der Waals surface area contributed by atoms with E-state index in [0.29, 0.717) is 6.42 Å². The molecule has 2 nitrogen and oxygen atoms in total. The Labute approximate surface area is 104 Å². The smallest absolute Gasteiger partial charge is 0.123 e. The highest BCUT2D eigenvalue weighted by molar-refractivity contribution is 7.11. The second-order valence-electron chi connectivity index (χ2n) is 4.16. The lowest BCUT2D eigenvalue weighted by atomic mass is 10.0. The number of aromatic nitrogens is 1. The van der Waals surface area contributed by atoms with Crippen molar-refractivity contribution in [1.82, 2.24) is 4.98 Å². The third-order valence-electron chi connectivity index (χ3n) is 2.76. The molecule has 0 fully saturated rings. The molecule has 0 saturated heterocycles. The molecule has 2 aromatic rings. The van der Waals surface area contributed by atoms with Gasteiger partial charge in [-0.15, -0.1) is 11.3 Å². The minimum atomic E-state index is -0.210. The van der Waals surface area contributed by atoms with Gasteiger partial charge in [0.05, 0.1) is 5.01 Å². The Morgan fingerprint density at radius 1 is 1.41 bits per heavy atom. The highest BCUT2D eigenvalue weighted by Gasteiger charge is 2.12. The highest BCUT2D eigenvalue weighted by atomic mass is 32.1. The summed E-state index contributed by atoms with van der Waals surface area (Å²) in [5.41, 5.74) is 8.14. The molecule has 0 spiro atoms. The number of hydrogen-bond donors (Lipinski definition) is 1. The maximum atomic E-state index is 13.2. The maximum absolute atomic E-state index is 13.2. The van der Waals surface area contributed by atoms with Crippen LogP contribution in [0.25, 0.3) is 0 Å². The average Bonchev–Trinajstić information content (AvgIpc) is 2.70. The van der Waals surface area contributed by atoms with E-state index in [9.17, 15) is 4.39 Å². The van der Waals surface area contributed by atoms with Crippen LogP contribution in [0.3, 0.4) is 0 Å². The van der Waals surface area contributed by atoms with E-state index in [4.69, 9.17) is 5.73 Å². The minimum Gasteiger partial charge on any atom is -0.323 e. The van der Waals surface area contributed by atoms with Crippen LogP contribution in [0.15, 0.2) is 24.4 Å². The quantitative estimate of drug-likeness (QED) is 0.909. The number of aryl methyl sites for hydroxylation is 2. The van der Waals surface area contributed by atoms with Crippen LogP contribution in [0.2, 0.25) is 0 Å². The first-order valence-corrected chi connectivity index (χ1v) is 6.31. The van der Waals surface area contributed by atoms with E-state index in [1.807, 2.05) is 13.8 Å². The summed E-state index contributed by atoms with van der Waals surface area (Å²) in [7, 11) is 0. The zero-order valence-corrected chi connectivity index (χ0v) is 10.7. The number of benzene rings is 1. The van der Waals surface area contributed by atoms with Gasteiger partial charge in [-0.05, 0) is 43.5 Å². The lowest BCUT2D eigenvalue weighted by Gasteiger charge is -2.11. The molecule has 1 aromatic carbocycles. The van der Waals surface area contributed by atoms with Crippen LogP contribution in [0.5, 0.6) is 0 Å². The van der Waals surface area contributed by atoms with Crippen LogP contribution < -0.4 is 5.73 Å². The first-order valence-electron chi connectivity index (χ1n) is 5.49. The van der Waals surface area contributed by atoms with E-state index in [2.05, 4.69) is 4.98 Å². The Hall–Kier alpha value is -1.26. The number of nitrogens with two attached hydrogens (primary N) is 1. The van der Waals surface area contributed by atoms with Crippen molar-refractivity contribution in [1.29, 1.82) is 0 Å². The summed E-state index contributed by atoms with van der Waals surface area (Å²) in [5, 5.41) is 1.01. The molecule has 0 bridgehead atoms. The van der Waals surface area contributed by atoms with Crippen molar-refractivity contribution in [3.8, 4) is 0 Å². The van der Waals surface area contributed by atoms with Crippen LogP contribution in [-0.2, 0) is 6.42 Å². The summed E-state index contributed by atoms with van der Waals surface area (Å²) < 4.78 is 13.2. The predicted octanol–water partition coefficient (Wildman–Crippen LogP) is 3.14. The van der Waals surface area contributed by atoms with Crippen LogP contribution in [0, 0.1) is 19.7 Å². The Bertz CT molecular complexity index is 522. The van der Waals surface area contributed by atoms with Crippen molar-refractivity contribution in [2.45, 2.75) is 26.3 Å². The first kappa shape index (κ1) is 12.2. The van der Waals surface area contributed by atoms with Gasteiger partial charge in [-0.3, -0.25) is 0 Å². The van der Waals surface area contributed by atoms with E-state index in [0.717, 1.165) is 21.0 Å². The van der Waals surface area contributed by atoms with Crippen LogP contribution in [0.4, 0.5) is 4.39 Å². The molecule has 0 aliphatic heterocycles. The van der Waals surface area contributed by atoms with Gasteiger partial charge in [-0.1, -0.05) is 6.07 Å². The molecule has 0 saturated carbocycles. The van der Waals surface area contributed by atoms with Gasteiger partial charge in [-0.2, -0.15) is 0 Å². The third kappa shape index (κ3) is 2.90. The fourth-order valence-electron chi connectivity index (χ4n) is 1.75. The van der Waals surface area contributed by atoms with Crippen LogP contribution in [-0.4, -0.2) is 4.98 Å². The van der Waals surface area contributed by atoms with Gasteiger partial charge in [-0.25, -0.2) is 9.37 Å². The first-order chi connectivity index (χ1) is 8.06.